The lowest BCUT2D eigenvalue weighted by Gasteiger charge is -2.37. The molecule has 3 aliphatic heterocycles. The molecule has 0 saturated carbocycles. The number of nitrogens with zero attached hydrogens (tertiary/aromatic N) is 3. The van der Waals surface area contributed by atoms with Crippen molar-refractivity contribution in [3.63, 3.8) is 0 Å². The number of aromatic nitrogens is 2. The summed E-state index contributed by atoms with van der Waals surface area (Å²) in [4.78, 5) is 60.1. The lowest BCUT2D eigenvalue weighted by molar-refractivity contribution is -0.172. The van der Waals surface area contributed by atoms with E-state index in [4.69, 9.17) is 14.5 Å². The summed E-state index contributed by atoms with van der Waals surface area (Å²) in [7, 11) is 0. The van der Waals surface area contributed by atoms with E-state index in [0.29, 0.717) is 53.8 Å². The zero-order chi connectivity index (χ0) is 33.6. The number of aryl methyl sites for hydroxylation is 1. The standard InChI is InChI=1S/C35H39FN4O7/c1-6-35(45)21-13-26-29-19(15-40(26)31(42)20(21)16-46-32(35)43)28-23(11-10-18-17(2)22(36)14-24(37-29)27(18)28)38-30(41)25-9-7-8-12-39(25)33(44)47-34(3,4)5/h13-14,23,25,45H,6-12,15-16H2,1-5H3,(H,38,41)/t23-,25+,35-/m0/s1. The van der Waals surface area contributed by atoms with Crippen molar-refractivity contribution < 1.29 is 33.4 Å². The Morgan fingerprint density at radius 2 is 1.94 bits per heavy atom. The van der Waals surface area contributed by atoms with Crippen molar-refractivity contribution in [3.05, 3.63) is 61.7 Å². The number of halogens is 1. The number of likely N-dealkylation sites (tertiary alicyclic amines) is 1. The summed E-state index contributed by atoms with van der Waals surface area (Å²) in [5.74, 6) is -1.51. The van der Waals surface area contributed by atoms with Crippen LogP contribution >= 0.6 is 0 Å². The van der Waals surface area contributed by atoms with Crippen LogP contribution in [0.5, 0.6) is 0 Å². The first kappa shape index (κ1) is 31.3. The summed E-state index contributed by atoms with van der Waals surface area (Å²) in [5.41, 5.74) is 1.35. The molecule has 11 nitrogen and oxygen atoms in total. The zero-order valence-corrected chi connectivity index (χ0v) is 27.3. The lowest BCUT2D eigenvalue weighted by atomic mass is 9.81. The number of hydrogen-bond acceptors (Lipinski definition) is 8. The summed E-state index contributed by atoms with van der Waals surface area (Å²) in [6.07, 6.45) is 2.51. The fraction of sp³-hybridized carbons (Fsp3) is 0.514. The van der Waals surface area contributed by atoms with Crippen LogP contribution in [-0.4, -0.2) is 55.7 Å². The molecule has 7 rings (SSSR count). The number of ether oxygens (including phenoxy) is 2. The van der Waals surface area contributed by atoms with Gasteiger partial charge in [-0.05, 0) is 89.0 Å². The second-order valence-electron chi connectivity index (χ2n) is 14.1. The molecule has 0 unspecified atom stereocenters. The normalized spacial score (nSPS) is 23.1. The summed E-state index contributed by atoms with van der Waals surface area (Å²) in [6, 6.07) is 1.79. The van der Waals surface area contributed by atoms with E-state index in [9.17, 15) is 24.3 Å². The number of esters is 1. The van der Waals surface area contributed by atoms with Crippen molar-refractivity contribution in [1.29, 1.82) is 0 Å². The summed E-state index contributed by atoms with van der Waals surface area (Å²) in [5, 5.41) is 15.3. The Hall–Kier alpha value is -4.32. The van der Waals surface area contributed by atoms with Crippen molar-refractivity contribution in [1.82, 2.24) is 19.8 Å². The summed E-state index contributed by atoms with van der Waals surface area (Å²) >= 11 is 0. The first-order valence-electron chi connectivity index (χ1n) is 16.3. The van der Waals surface area contributed by atoms with Gasteiger partial charge in [0.2, 0.25) is 5.91 Å². The number of carbonyl (C=O) groups is 3. The third kappa shape index (κ3) is 4.82. The molecule has 47 heavy (non-hydrogen) atoms. The van der Waals surface area contributed by atoms with Crippen molar-refractivity contribution >= 4 is 28.9 Å². The third-order valence-corrected chi connectivity index (χ3v) is 10.1. The van der Waals surface area contributed by atoms with Crippen LogP contribution in [0.15, 0.2) is 16.9 Å². The van der Waals surface area contributed by atoms with Crippen LogP contribution in [0, 0.1) is 12.7 Å². The number of piperidine rings is 1. The SMILES string of the molecule is CC[C@@]1(O)C(=O)OCc2c1cc1n(c2=O)Cc2c-1nc1cc(F)c(C)c3c1c2[C@@H](NC(=O)[C@H]1CCCCN1C(=O)OC(C)(C)C)CC3. The van der Waals surface area contributed by atoms with E-state index in [-0.39, 0.29) is 36.6 Å². The van der Waals surface area contributed by atoms with Gasteiger partial charge in [0.05, 0.1) is 35.1 Å². The largest absolute Gasteiger partial charge is 0.458 e. The second-order valence-corrected chi connectivity index (χ2v) is 14.1. The van der Waals surface area contributed by atoms with Crippen LogP contribution in [0.1, 0.15) is 99.2 Å². The van der Waals surface area contributed by atoms with Crippen LogP contribution < -0.4 is 10.9 Å². The number of rotatable bonds is 3. The molecule has 12 heteroatoms. The number of nitrogens with one attached hydrogen (secondary N) is 1. The number of cyclic esters (lactones) is 1. The highest BCUT2D eigenvalue weighted by Crippen LogP contribution is 2.46. The van der Waals surface area contributed by atoms with Crippen molar-refractivity contribution in [3.8, 4) is 11.4 Å². The molecular formula is C35H39FN4O7. The first-order chi connectivity index (χ1) is 22.2. The number of aliphatic hydroxyl groups is 1. The molecule has 3 atom stereocenters. The Bertz CT molecular complexity index is 1950. The van der Waals surface area contributed by atoms with Gasteiger partial charge >= 0.3 is 12.1 Å². The molecule has 1 aromatic carbocycles. The summed E-state index contributed by atoms with van der Waals surface area (Å²) < 4.78 is 27.7. The van der Waals surface area contributed by atoms with Gasteiger partial charge in [-0.15, -0.1) is 0 Å². The van der Waals surface area contributed by atoms with Crippen LogP contribution in [0.2, 0.25) is 0 Å². The molecule has 0 spiro atoms. The molecule has 4 aliphatic rings. The molecule has 5 heterocycles. The van der Waals surface area contributed by atoms with Gasteiger partial charge in [0.1, 0.15) is 24.1 Å². The van der Waals surface area contributed by atoms with E-state index in [2.05, 4.69) is 5.32 Å². The van der Waals surface area contributed by atoms with E-state index in [0.717, 1.165) is 29.4 Å². The Labute approximate surface area is 271 Å². The van der Waals surface area contributed by atoms with Gasteiger partial charge in [-0.3, -0.25) is 14.5 Å². The molecule has 0 radical (unpaired) electrons. The number of pyridine rings is 2. The minimum atomic E-state index is -1.98. The Morgan fingerprint density at radius 1 is 1.17 bits per heavy atom. The van der Waals surface area contributed by atoms with E-state index in [1.807, 2.05) is 0 Å². The van der Waals surface area contributed by atoms with Gasteiger partial charge in [0.25, 0.3) is 5.56 Å². The Morgan fingerprint density at radius 3 is 2.66 bits per heavy atom. The van der Waals surface area contributed by atoms with Crippen LogP contribution in [-0.2, 0) is 44.2 Å². The van der Waals surface area contributed by atoms with Crippen molar-refractivity contribution in [2.45, 2.75) is 110 Å². The van der Waals surface area contributed by atoms with E-state index in [1.165, 1.54) is 11.0 Å². The predicted molar refractivity (Wildman–Crippen MR) is 169 cm³/mol. The fourth-order valence-corrected chi connectivity index (χ4v) is 7.71. The molecule has 1 aliphatic carbocycles. The maximum absolute atomic E-state index is 15.3. The van der Waals surface area contributed by atoms with Crippen molar-refractivity contribution in [2.75, 3.05) is 6.54 Å². The Kier molecular flexibility index (Phi) is 7.23. The van der Waals surface area contributed by atoms with Crippen LogP contribution in [0.4, 0.5) is 9.18 Å². The summed E-state index contributed by atoms with van der Waals surface area (Å²) in [6.45, 7) is 9.04. The van der Waals surface area contributed by atoms with Gasteiger partial charge in [-0.25, -0.2) is 19.0 Å². The van der Waals surface area contributed by atoms with Gasteiger partial charge < -0.3 is 24.5 Å². The average Bonchev–Trinajstić information content (AvgIpc) is 3.40. The highest BCUT2D eigenvalue weighted by atomic mass is 19.1. The lowest BCUT2D eigenvalue weighted by Crippen LogP contribution is -2.53. The molecule has 2 N–H and O–H groups in total. The first-order valence-corrected chi connectivity index (χ1v) is 16.3. The number of hydrogen-bond donors (Lipinski definition) is 2. The zero-order valence-electron chi connectivity index (χ0n) is 27.3. The fourth-order valence-electron chi connectivity index (χ4n) is 7.71. The van der Waals surface area contributed by atoms with Gasteiger partial charge in [-0.2, -0.15) is 0 Å². The number of benzene rings is 1. The van der Waals surface area contributed by atoms with Gasteiger partial charge in [0.15, 0.2) is 5.60 Å². The molecule has 2 amide bonds. The number of amides is 2. The van der Waals surface area contributed by atoms with Gasteiger partial charge in [-0.1, -0.05) is 6.92 Å². The molecule has 1 fully saturated rings. The maximum Gasteiger partial charge on any atom is 0.410 e. The predicted octanol–water partition coefficient (Wildman–Crippen LogP) is 4.42. The second kappa shape index (κ2) is 10.9. The highest BCUT2D eigenvalue weighted by molar-refractivity contribution is 5.94. The minimum absolute atomic E-state index is 0.00835. The Balaban J connectivity index is 1.35. The quantitative estimate of drug-likeness (QED) is 0.312. The highest BCUT2D eigenvalue weighted by Gasteiger charge is 2.46. The van der Waals surface area contributed by atoms with E-state index < -0.39 is 46.7 Å². The van der Waals surface area contributed by atoms with Crippen molar-refractivity contribution in [2.24, 2.45) is 0 Å². The molecule has 248 valence electrons. The van der Waals surface area contributed by atoms with E-state index >= 15 is 4.39 Å². The molecule has 0 bridgehead atoms. The number of carbonyl (C=O) groups excluding carboxylic acids is 3. The minimum Gasteiger partial charge on any atom is -0.458 e. The average molecular weight is 647 g/mol. The van der Waals surface area contributed by atoms with E-state index in [1.54, 1.807) is 45.3 Å². The monoisotopic (exact) mass is 646 g/mol. The van der Waals surface area contributed by atoms with Crippen LogP contribution in [0.25, 0.3) is 22.3 Å². The van der Waals surface area contributed by atoms with Gasteiger partial charge in [0, 0.05) is 29.1 Å². The third-order valence-electron chi connectivity index (χ3n) is 10.1. The molecule has 2 aromatic heterocycles. The smallest absolute Gasteiger partial charge is 0.410 e. The van der Waals surface area contributed by atoms with Crippen LogP contribution in [0.3, 0.4) is 0 Å². The number of fused-ring (bicyclic) bond motifs is 5. The molecule has 3 aromatic rings. The molecule has 1 saturated heterocycles. The maximum atomic E-state index is 15.3. The molecular weight excluding hydrogens is 607 g/mol. The topological polar surface area (TPSA) is 140 Å².